The van der Waals surface area contributed by atoms with E-state index in [0.29, 0.717) is 0 Å². The van der Waals surface area contributed by atoms with Gasteiger partial charge in [-0.25, -0.2) is 0 Å². The van der Waals surface area contributed by atoms with Crippen LogP contribution in [-0.4, -0.2) is 46.5 Å². The highest BCUT2D eigenvalue weighted by molar-refractivity contribution is 5.90. The summed E-state index contributed by atoms with van der Waals surface area (Å²) in [5.74, 6) is -0.499. The third-order valence-corrected chi connectivity index (χ3v) is 5.68. The van der Waals surface area contributed by atoms with Gasteiger partial charge in [0, 0.05) is 0 Å². The Balaban J connectivity index is 1.50. The molecule has 0 aliphatic heterocycles. The van der Waals surface area contributed by atoms with Gasteiger partial charge in [0.25, 0.3) is 0 Å². The maximum atomic E-state index is 13.2. The molecule has 0 bridgehead atoms. The molecule has 1 saturated carbocycles. The van der Waals surface area contributed by atoms with Crippen LogP contribution in [-0.2, 0) is 38.8 Å². The lowest BCUT2D eigenvalue weighted by Gasteiger charge is -2.41. The maximum absolute atomic E-state index is 13.2. The summed E-state index contributed by atoms with van der Waals surface area (Å²) in [5, 5.41) is 21.9. The second-order valence-corrected chi connectivity index (χ2v) is 8.08. The zero-order chi connectivity index (χ0) is 23.0. The first-order chi connectivity index (χ1) is 16.1. The Morgan fingerprint density at radius 1 is 0.545 bits per heavy atom. The zero-order valence-corrected chi connectivity index (χ0v) is 18.2. The second kappa shape index (κ2) is 11.3. The van der Waals surface area contributed by atoms with Gasteiger partial charge < -0.3 is 24.4 Å². The normalized spacial score (nSPS) is 25.2. The van der Waals surface area contributed by atoms with Gasteiger partial charge in [-0.2, -0.15) is 0 Å². The minimum atomic E-state index is -1.34. The van der Waals surface area contributed by atoms with Crippen molar-refractivity contribution in [2.75, 3.05) is 0 Å². The lowest BCUT2D eigenvalue weighted by molar-refractivity contribution is -0.215. The number of hydrogen-bond donors (Lipinski definition) is 2. The molecule has 3 aromatic carbocycles. The SMILES string of the molecule is O=C1C(OCc2ccccc2)C(O)C(OCc2ccccc2)C(O)C1OCc1ccccc1. The molecular weight excluding hydrogens is 420 g/mol. The Hall–Kier alpha value is -2.87. The number of rotatable bonds is 9. The van der Waals surface area contributed by atoms with Gasteiger partial charge >= 0.3 is 0 Å². The van der Waals surface area contributed by atoms with E-state index in [4.69, 9.17) is 14.2 Å². The molecule has 1 fully saturated rings. The van der Waals surface area contributed by atoms with Gasteiger partial charge in [-0.15, -0.1) is 0 Å². The van der Waals surface area contributed by atoms with Crippen molar-refractivity contribution in [3.63, 3.8) is 0 Å². The first-order valence-electron chi connectivity index (χ1n) is 11.0. The number of benzene rings is 3. The Bertz CT molecular complexity index is 935. The summed E-state index contributed by atoms with van der Waals surface area (Å²) in [4.78, 5) is 13.2. The molecule has 6 heteroatoms. The monoisotopic (exact) mass is 448 g/mol. The Labute approximate surface area is 193 Å². The minimum absolute atomic E-state index is 0.140. The van der Waals surface area contributed by atoms with E-state index in [9.17, 15) is 15.0 Å². The molecule has 0 saturated heterocycles. The molecule has 0 spiro atoms. The van der Waals surface area contributed by atoms with Crippen LogP contribution in [0.15, 0.2) is 91.0 Å². The van der Waals surface area contributed by atoms with Gasteiger partial charge in [0.05, 0.1) is 19.8 Å². The summed E-state index contributed by atoms with van der Waals surface area (Å²) >= 11 is 0. The molecule has 0 radical (unpaired) electrons. The summed E-state index contributed by atoms with van der Waals surface area (Å²) in [5.41, 5.74) is 2.62. The number of hydrogen-bond acceptors (Lipinski definition) is 6. The van der Waals surface area contributed by atoms with E-state index in [1.54, 1.807) is 0 Å². The van der Waals surface area contributed by atoms with Crippen molar-refractivity contribution in [1.29, 1.82) is 0 Å². The van der Waals surface area contributed by atoms with Crippen LogP contribution in [0.4, 0.5) is 0 Å². The largest absolute Gasteiger partial charge is 0.387 e. The quantitative estimate of drug-likeness (QED) is 0.524. The molecule has 1 aliphatic carbocycles. The van der Waals surface area contributed by atoms with Crippen LogP contribution in [0.25, 0.3) is 0 Å². The highest BCUT2D eigenvalue weighted by Crippen LogP contribution is 2.27. The number of Topliss-reactive ketones (excluding diaryl/α,β-unsaturated/α-hetero) is 1. The number of aliphatic hydroxyl groups is 2. The van der Waals surface area contributed by atoms with E-state index >= 15 is 0 Å². The van der Waals surface area contributed by atoms with Gasteiger partial charge in [-0.1, -0.05) is 91.0 Å². The zero-order valence-electron chi connectivity index (χ0n) is 18.2. The van der Waals surface area contributed by atoms with Gasteiger partial charge in [-0.3, -0.25) is 4.79 Å². The minimum Gasteiger partial charge on any atom is -0.387 e. The summed E-state index contributed by atoms with van der Waals surface area (Å²) < 4.78 is 17.6. The smallest absolute Gasteiger partial charge is 0.195 e. The molecule has 33 heavy (non-hydrogen) atoms. The molecule has 172 valence electrons. The molecule has 0 aromatic heterocycles. The topological polar surface area (TPSA) is 85.2 Å². The maximum Gasteiger partial charge on any atom is 0.195 e. The Morgan fingerprint density at radius 2 is 0.879 bits per heavy atom. The van der Waals surface area contributed by atoms with Crippen molar-refractivity contribution in [2.24, 2.45) is 0 Å². The summed E-state index contributed by atoms with van der Waals surface area (Å²) in [6.45, 7) is 0.451. The van der Waals surface area contributed by atoms with Gasteiger partial charge in [0.2, 0.25) is 0 Å². The van der Waals surface area contributed by atoms with Crippen molar-refractivity contribution < 1.29 is 29.2 Å². The first kappa shape index (κ1) is 23.3. The third kappa shape index (κ3) is 5.93. The predicted molar refractivity (Wildman–Crippen MR) is 122 cm³/mol. The molecular formula is C27H28O6. The van der Waals surface area contributed by atoms with Crippen LogP contribution in [0.1, 0.15) is 16.7 Å². The fourth-order valence-electron chi connectivity index (χ4n) is 3.89. The summed E-state index contributed by atoms with van der Waals surface area (Å²) in [7, 11) is 0. The van der Waals surface area contributed by atoms with Crippen molar-refractivity contribution in [3.8, 4) is 0 Å². The van der Waals surface area contributed by atoms with Crippen LogP contribution in [0.3, 0.4) is 0 Å². The van der Waals surface area contributed by atoms with Crippen molar-refractivity contribution in [2.45, 2.75) is 50.3 Å². The van der Waals surface area contributed by atoms with E-state index < -0.39 is 36.3 Å². The second-order valence-electron chi connectivity index (χ2n) is 8.08. The van der Waals surface area contributed by atoms with Crippen LogP contribution in [0, 0.1) is 0 Å². The Kier molecular flexibility index (Phi) is 7.99. The van der Waals surface area contributed by atoms with Crippen LogP contribution < -0.4 is 0 Å². The molecule has 4 rings (SSSR count). The van der Waals surface area contributed by atoms with E-state index in [2.05, 4.69) is 0 Å². The van der Waals surface area contributed by atoms with E-state index in [1.165, 1.54) is 0 Å². The number of carbonyl (C=O) groups excluding carboxylic acids is 1. The molecule has 2 N–H and O–H groups in total. The van der Waals surface area contributed by atoms with Crippen molar-refractivity contribution >= 4 is 5.78 Å². The van der Waals surface area contributed by atoms with Crippen molar-refractivity contribution in [3.05, 3.63) is 108 Å². The van der Waals surface area contributed by atoms with Gasteiger partial charge in [0.15, 0.2) is 5.78 Å². The standard InChI is InChI=1S/C27H28O6/c28-22-25(31-16-19-10-4-1-5-11-19)23(29)27(33-18-21-14-8-3-9-15-21)24(30)26(22)32-17-20-12-6-2-7-13-20/h1-15,22-23,25-29H,16-18H2. The van der Waals surface area contributed by atoms with E-state index in [1.807, 2.05) is 91.0 Å². The fraction of sp³-hybridized carbons (Fsp3) is 0.296. The lowest BCUT2D eigenvalue weighted by Crippen LogP contribution is -2.63. The molecule has 0 amide bonds. The van der Waals surface area contributed by atoms with Crippen LogP contribution >= 0.6 is 0 Å². The Morgan fingerprint density at radius 3 is 1.24 bits per heavy atom. The summed E-state index contributed by atoms with van der Waals surface area (Å²) in [6.07, 6.45) is -6.09. The molecule has 1 aliphatic rings. The third-order valence-electron chi connectivity index (χ3n) is 5.68. The average Bonchev–Trinajstić information content (AvgIpc) is 2.86. The number of ether oxygens (including phenoxy) is 3. The van der Waals surface area contributed by atoms with Gasteiger partial charge in [0.1, 0.15) is 30.5 Å². The molecule has 0 heterocycles. The van der Waals surface area contributed by atoms with Gasteiger partial charge in [-0.05, 0) is 16.7 Å². The summed E-state index contributed by atoms with van der Waals surface area (Å²) in [6, 6.07) is 28.2. The number of ketones is 1. The molecule has 4 unspecified atom stereocenters. The van der Waals surface area contributed by atoms with Crippen molar-refractivity contribution in [1.82, 2.24) is 0 Å². The van der Waals surface area contributed by atoms with Crippen LogP contribution in [0.5, 0.6) is 0 Å². The lowest BCUT2D eigenvalue weighted by atomic mass is 9.85. The van der Waals surface area contributed by atoms with E-state index in [0.717, 1.165) is 16.7 Å². The number of carbonyl (C=O) groups is 1. The highest BCUT2D eigenvalue weighted by atomic mass is 16.6. The molecule has 6 nitrogen and oxygen atoms in total. The molecule has 3 aromatic rings. The highest BCUT2D eigenvalue weighted by Gasteiger charge is 2.51. The van der Waals surface area contributed by atoms with E-state index in [-0.39, 0.29) is 19.8 Å². The predicted octanol–water partition coefficient (Wildman–Crippen LogP) is 3.05. The average molecular weight is 449 g/mol. The fourth-order valence-corrected chi connectivity index (χ4v) is 3.89. The molecule has 4 atom stereocenters. The van der Waals surface area contributed by atoms with Crippen LogP contribution in [0.2, 0.25) is 0 Å². The first-order valence-corrected chi connectivity index (χ1v) is 11.0. The number of aliphatic hydroxyl groups excluding tert-OH is 2.